The number of carbonyl (C=O) groups excluding carboxylic acids is 4. The van der Waals surface area contributed by atoms with Gasteiger partial charge in [-0.3, -0.25) is 9.59 Å². The molecule has 1 aromatic carbocycles. The fourth-order valence-electron chi connectivity index (χ4n) is 12.3. The molecule has 10 rings (SSSR count). The highest BCUT2D eigenvalue weighted by Crippen LogP contribution is 2.58. The SMILES string of the molecule is CC(C)C(NC(=O)N1CCOCC1)C(=O)N1CCCC1c1ncc(-c2ccc(N3CCC(c4cnc(C5CCCN5C(=O)C(NC(=O)N5CCOCC5)C(C)C)[nH]4)CC3)c3c2C2CCC3C2)[nH]1. The van der Waals surface area contributed by atoms with Gasteiger partial charge in [0.15, 0.2) is 0 Å². The number of aromatic nitrogens is 4. The average Bonchev–Trinajstić information content (AvgIpc) is 4.22. The van der Waals surface area contributed by atoms with Crippen LogP contribution in [0.4, 0.5) is 15.3 Å². The van der Waals surface area contributed by atoms with Crippen molar-refractivity contribution in [2.24, 2.45) is 11.8 Å². The molecule has 3 aromatic rings. The van der Waals surface area contributed by atoms with Crippen molar-refractivity contribution < 1.29 is 28.7 Å². The molecule has 5 aliphatic heterocycles. The summed E-state index contributed by atoms with van der Waals surface area (Å²) in [6, 6.07) is 2.71. The lowest BCUT2D eigenvalue weighted by atomic mass is 9.85. The monoisotopic (exact) mass is 922 g/mol. The van der Waals surface area contributed by atoms with Crippen LogP contribution in [0.2, 0.25) is 0 Å². The molecule has 2 aliphatic carbocycles. The van der Waals surface area contributed by atoms with Gasteiger partial charge in [-0.15, -0.1) is 0 Å². The normalized spacial score (nSPS) is 25.3. The van der Waals surface area contributed by atoms with Crippen molar-refractivity contribution in [3.8, 4) is 11.3 Å². The van der Waals surface area contributed by atoms with E-state index in [1.807, 2.05) is 49.9 Å². The smallest absolute Gasteiger partial charge is 0.318 e. The third kappa shape index (κ3) is 9.02. The first-order valence-electron chi connectivity index (χ1n) is 25.4. The summed E-state index contributed by atoms with van der Waals surface area (Å²) < 4.78 is 10.9. The van der Waals surface area contributed by atoms with E-state index in [-0.39, 0.29) is 47.8 Å². The lowest BCUT2D eigenvalue weighted by molar-refractivity contribution is -0.136. The van der Waals surface area contributed by atoms with Gasteiger partial charge in [0.25, 0.3) is 0 Å². The Labute approximate surface area is 394 Å². The van der Waals surface area contributed by atoms with Crippen LogP contribution in [-0.4, -0.2) is 154 Å². The number of hydrogen-bond donors (Lipinski definition) is 4. The van der Waals surface area contributed by atoms with Gasteiger partial charge in [-0.1, -0.05) is 33.8 Å². The summed E-state index contributed by atoms with van der Waals surface area (Å²) in [7, 11) is 0. The Bertz CT molecular complexity index is 2270. The molecule has 6 amide bonds. The number of aromatic amines is 2. The Morgan fingerprint density at radius 3 is 1.69 bits per heavy atom. The lowest BCUT2D eigenvalue weighted by Crippen LogP contribution is -2.55. The van der Waals surface area contributed by atoms with Crippen LogP contribution >= 0.6 is 0 Å². The van der Waals surface area contributed by atoms with E-state index in [4.69, 9.17) is 19.4 Å². The van der Waals surface area contributed by atoms with E-state index in [1.54, 1.807) is 9.80 Å². The number of anilines is 1. The van der Waals surface area contributed by atoms with Gasteiger partial charge in [0.2, 0.25) is 11.8 Å². The van der Waals surface area contributed by atoms with Crippen molar-refractivity contribution in [3.05, 3.63) is 53.0 Å². The molecule has 0 radical (unpaired) electrons. The summed E-state index contributed by atoms with van der Waals surface area (Å²) in [4.78, 5) is 81.8. The van der Waals surface area contributed by atoms with Crippen LogP contribution in [0.3, 0.4) is 0 Å². The number of ether oxygens (including phenoxy) is 2. The van der Waals surface area contributed by atoms with Crippen molar-refractivity contribution in [2.75, 3.05) is 83.7 Å². The maximum atomic E-state index is 14.2. The molecule has 17 nitrogen and oxygen atoms in total. The van der Waals surface area contributed by atoms with Crippen LogP contribution in [-0.2, 0) is 19.1 Å². The Morgan fingerprint density at radius 2 is 1.13 bits per heavy atom. The number of fused-ring (bicyclic) bond motifs is 5. The van der Waals surface area contributed by atoms with Gasteiger partial charge in [0.05, 0.1) is 50.4 Å². The highest BCUT2D eigenvalue weighted by Gasteiger charge is 2.43. The predicted octanol–water partition coefficient (Wildman–Crippen LogP) is 6.01. The molecule has 67 heavy (non-hydrogen) atoms. The molecule has 5 saturated heterocycles. The average molecular weight is 922 g/mol. The summed E-state index contributed by atoms with van der Waals surface area (Å²) in [5, 5.41) is 6.12. The zero-order chi connectivity index (χ0) is 46.3. The zero-order valence-corrected chi connectivity index (χ0v) is 39.9. The molecule has 2 bridgehead atoms. The Balaban J connectivity index is 0.797. The van der Waals surface area contributed by atoms with Crippen LogP contribution in [0.1, 0.15) is 144 Å². The minimum atomic E-state index is -0.620. The van der Waals surface area contributed by atoms with Crippen LogP contribution in [0, 0.1) is 11.8 Å². The topological polar surface area (TPSA) is 184 Å². The van der Waals surface area contributed by atoms with Crippen LogP contribution < -0.4 is 15.5 Å². The first-order chi connectivity index (χ1) is 32.5. The molecular formula is C50H71N11O6. The quantitative estimate of drug-likeness (QED) is 0.179. The van der Waals surface area contributed by atoms with Gasteiger partial charge in [-0.05, 0) is 98.7 Å². The number of H-pyrrole nitrogens is 2. The molecule has 6 fully saturated rings. The van der Waals surface area contributed by atoms with E-state index in [1.165, 1.54) is 41.6 Å². The summed E-state index contributed by atoms with van der Waals surface area (Å²) >= 11 is 0. The number of imidazole rings is 2. The first kappa shape index (κ1) is 45.6. The maximum Gasteiger partial charge on any atom is 0.318 e. The van der Waals surface area contributed by atoms with Crippen molar-refractivity contribution in [1.82, 2.24) is 50.2 Å². The van der Waals surface area contributed by atoms with Gasteiger partial charge < -0.3 is 54.6 Å². The van der Waals surface area contributed by atoms with Crippen LogP contribution in [0.25, 0.3) is 11.3 Å². The molecule has 1 saturated carbocycles. The van der Waals surface area contributed by atoms with E-state index < -0.39 is 12.1 Å². The zero-order valence-electron chi connectivity index (χ0n) is 39.9. The number of carbonyl (C=O) groups is 4. The molecule has 7 heterocycles. The van der Waals surface area contributed by atoms with Crippen molar-refractivity contribution in [2.45, 2.75) is 127 Å². The van der Waals surface area contributed by atoms with Crippen LogP contribution in [0.5, 0.6) is 0 Å². The maximum absolute atomic E-state index is 14.2. The molecular weight excluding hydrogens is 851 g/mol. The minimum absolute atomic E-state index is 0.0408. The minimum Gasteiger partial charge on any atom is -0.378 e. The van der Waals surface area contributed by atoms with Gasteiger partial charge in [-0.25, -0.2) is 19.6 Å². The third-order valence-electron chi connectivity index (χ3n) is 16.0. The second-order valence-electron chi connectivity index (χ2n) is 20.8. The van der Waals surface area contributed by atoms with E-state index in [0.29, 0.717) is 83.4 Å². The van der Waals surface area contributed by atoms with E-state index in [2.05, 4.69) is 37.6 Å². The second-order valence-corrected chi connectivity index (χ2v) is 20.8. The van der Waals surface area contributed by atoms with E-state index in [9.17, 15) is 19.2 Å². The number of likely N-dealkylation sites (tertiary alicyclic amines) is 2. The predicted molar refractivity (Wildman–Crippen MR) is 253 cm³/mol. The van der Waals surface area contributed by atoms with Gasteiger partial charge >= 0.3 is 12.1 Å². The van der Waals surface area contributed by atoms with Crippen molar-refractivity contribution in [1.29, 1.82) is 0 Å². The largest absolute Gasteiger partial charge is 0.378 e. The number of nitrogens with one attached hydrogen (secondary N) is 4. The standard InChI is InChI=1S/C50H71N11O6/c1-30(2)43(55-49(64)58-19-23-66-24-20-58)47(62)60-15-5-7-39(60)45-51-28-36(53-45)32-13-17-57(18-14-32)38-12-11-35(41-33-9-10-34(27-33)42(38)41)37-29-52-46(54-37)40-8-6-16-61(40)48(63)44(31(3)4)56-50(65)59-21-25-67-26-22-59/h11-12,28-34,39-40,43-44H,5-10,13-27H2,1-4H3,(H,51,53)(H,52,54)(H,55,64)(H,56,65). The number of hydrogen-bond acceptors (Lipinski definition) is 9. The number of benzene rings is 1. The van der Waals surface area contributed by atoms with Gasteiger partial charge in [-0.2, -0.15) is 0 Å². The van der Waals surface area contributed by atoms with E-state index in [0.717, 1.165) is 74.7 Å². The first-order valence-corrected chi connectivity index (χ1v) is 25.4. The summed E-state index contributed by atoms with van der Waals surface area (Å²) in [6.07, 6.45) is 13.1. The lowest BCUT2D eigenvalue weighted by Gasteiger charge is -2.36. The number of amides is 6. The molecule has 2 aromatic heterocycles. The summed E-state index contributed by atoms with van der Waals surface area (Å²) in [5.41, 5.74) is 7.76. The number of rotatable bonds is 11. The summed E-state index contributed by atoms with van der Waals surface area (Å²) in [5.74, 6) is 2.90. The Morgan fingerprint density at radius 1 is 0.612 bits per heavy atom. The summed E-state index contributed by atoms with van der Waals surface area (Å²) in [6.45, 7) is 15.3. The molecule has 4 N–H and O–H groups in total. The van der Waals surface area contributed by atoms with Gasteiger partial charge in [0.1, 0.15) is 23.7 Å². The van der Waals surface area contributed by atoms with Crippen molar-refractivity contribution in [3.63, 3.8) is 0 Å². The Hall–Kier alpha value is -5.16. The number of piperidine rings is 1. The molecule has 6 unspecified atom stereocenters. The molecule has 0 spiro atoms. The fraction of sp³-hybridized carbons (Fsp3) is 0.680. The van der Waals surface area contributed by atoms with E-state index >= 15 is 0 Å². The number of urea groups is 2. The van der Waals surface area contributed by atoms with Gasteiger partial charge in [0, 0.05) is 81.4 Å². The number of morpholine rings is 2. The molecule has 17 heteroatoms. The highest BCUT2D eigenvalue weighted by atomic mass is 16.5. The highest BCUT2D eigenvalue weighted by molar-refractivity contribution is 5.89. The molecule has 6 atom stereocenters. The Kier molecular flexibility index (Phi) is 13.2. The van der Waals surface area contributed by atoms with Crippen LogP contribution in [0.15, 0.2) is 24.5 Å². The second kappa shape index (κ2) is 19.4. The number of nitrogens with zero attached hydrogens (tertiary/aromatic N) is 7. The van der Waals surface area contributed by atoms with Crippen molar-refractivity contribution >= 4 is 29.6 Å². The fourth-order valence-corrected chi connectivity index (χ4v) is 12.3. The molecule has 7 aliphatic rings. The molecule has 362 valence electrons. The third-order valence-corrected chi connectivity index (χ3v) is 16.0.